The first-order chi connectivity index (χ1) is 10.7. The third-order valence-corrected chi connectivity index (χ3v) is 5.31. The molecule has 0 radical (unpaired) electrons. The van der Waals surface area contributed by atoms with Crippen molar-refractivity contribution in [1.82, 2.24) is 4.57 Å². The van der Waals surface area contributed by atoms with Gasteiger partial charge in [-0.15, -0.1) is 11.3 Å². The topological polar surface area (TPSA) is 43.6 Å². The van der Waals surface area contributed by atoms with E-state index in [2.05, 4.69) is 4.99 Å². The monoisotopic (exact) mass is 352 g/mol. The van der Waals surface area contributed by atoms with Crippen molar-refractivity contribution >= 4 is 50.4 Å². The zero-order valence-electron chi connectivity index (χ0n) is 11.8. The van der Waals surface area contributed by atoms with Gasteiger partial charge in [0, 0.05) is 13.7 Å². The van der Waals surface area contributed by atoms with E-state index in [0.717, 1.165) is 10.2 Å². The Morgan fingerprint density at radius 1 is 1.36 bits per heavy atom. The number of nitrogens with zero attached hydrogens (tertiary/aromatic N) is 2. The Bertz CT molecular complexity index is 865. The minimum Gasteiger partial charge on any atom is -0.383 e. The molecule has 0 aliphatic rings. The Morgan fingerprint density at radius 2 is 2.23 bits per heavy atom. The number of hydrogen-bond acceptors (Lipinski definition) is 4. The van der Waals surface area contributed by atoms with E-state index in [-0.39, 0.29) is 5.91 Å². The van der Waals surface area contributed by atoms with Gasteiger partial charge in [0.25, 0.3) is 5.91 Å². The van der Waals surface area contributed by atoms with Gasteiger partial charge in [-0.05, 0) is 23.6 Å². The molecule has 0 aliphatic carbocycles. The van der Waals surface area contributed by atoms with Crippen molar-refractivity contribution in [2.24, 2.45) is 4.99 Å². The van der Waals surface area contributed by atoms with E-state index in [1.807, 2.05) is 34.2 Å². The first-order valence-electron chi connectivity index (χ1n) is 6.60. The van der Waals surface area contributed by atoms with E-state index in [4.69, 9.17) is 16.3 Å². The highest BCUT2D eigenvalue weighted by molar-refractivity contribution is 7.16. The summed E-state index contributed by atoms with van der Waals surface area (Å²) in [6.45, 7) is 1.12. The quantitative estimate of drug-likeness (QED) is 0.716. The number of fused-ring (bicyclic) bond motifs is 1. The SMILES string of the molecule is COCCn1c(=NC(=O)c2cccs2)sc2cccc(Cl)c21. The molecule has 0 bridgehead atoms. The lowest BCUT2D eigenvalue weighted by Gasteiger charge is -2.05. The highest BCUT2D eigenvalue weighted by Gasteiger charge is 2.11. The molecule has 0 atom stereocenters. The number of carbonyl (C=O) groups excluding carboxylic acids is 1. The second-order valence-corrected chi connectivity index (χ2v) is 6.87. The van der Waals surface area contributed by atoms with Gasteiger partial charge >= 0.3 is 0 Å². The zero-order valence-corrected chi connectivity index (χ0v) is 14.2. The van der Waals surface area contributed by atoms with Crippen molar-refractivity contribution in [3.8, 4) is 0 Å². The van der Waals surface area contributed by atoms with Crippen LogP contribution in [0.25, 0.3) is 10.2 Å². The highest BCUT2D eigenvalue weighted by Crippen LogP contribution is 2.25. The van der Waals surface area contributed by atoms with Crippen molar-refractivity contribution in [1.29, 1.82) is 0 Å². The minimum atomic E-state index is -0.233. The van der Waals surface area contributed by atoms with Crippen LogP contribution in [0, 0.1) is 0 Å². The molecule has 7 heteroatoms. The molecular weight excluding hydrogens is 340 g/mol. The maximum atomic E-state index is 12.2. The Labute approximate surface area is 140 Å². The molecule has 0 fully saturated rings. The third-order valence-electron chi connectivity index (χ3n) is 3.10. The number of hydrogen-bond donors (Lipinski definition) is 0. The number of methoxy groups -OCH3 is 1. The molecule has 22 heavy (non-hydrogen) atoms. The summed E-state index contributed by atoms with van der Waals surface area (Å²) >= 11 is 9.15. The van der Waals surface area contributed by atoms with Gasteiger partial charge < -0.3 is 9.30 Å². The van der Waals surface area contributed by atoms with Crippen molar-refractivity contribution < 1.29 is 9.53 Å². The van der Waals surface area contributed by atoms with Crippen LogP contribution in [0.1, 0.15) is 9.67 Å². The second kappa shape index (κ2) is 6.75. The molecule has 3 rings (SSSR count). The van der Waals surface area contributed by atoms with Crippen molar-refractivity contribution in [2.75, 3.05) is 13.7 Å². The maximum Gasteiger partial charge on any atom is 0.289 e. The molecule has 0 N–H and O–H groups in total. The smallest absolute Gasteiger partial charge is 0.289 e. The molecule has 0 saturated carbocycles. The Kier molecular flexibility index (Phi) is 4.73. The van der Waals surface area contributed by atoms with Crippen LogP contribution >= 0.6 is 34.3 Å². The van der Waals surface area contributed by atoms with Crippen LogP contribution in [-0.2, 0) is 11.3 Å². The average molecular weight is 353 g/mol. The maximum absolute atomic E-state index is 12.2. The summed E-state index contributed by atoms with van der Waals surface area (Å²) in [5.74, 6) is -0.233. The summed E-state index contributed by atoms with van der Waals surface area (Å²) in [4.78, 5) is 17.8. The lowest BCUT2D eigenvalue weighted by molar-refractivity contribution is 0.100. The summed E-state index contributed by atoms with van der Waals surface area (Å²) in [6.07, 6.45) is 0. The average Bonchev–Trinajstić information content (AvgIpc) is 3.13. The molecule has 0 saturated heterocycles. The molecule has 2 aromatic heterocycles. The van der Waals surface area contributed by atoms with Gasteiger partial charge in [0.15, 0.2) is 4.80 Å². The first-order valence-corrected chi connectivity index (χ1v) is 8.67. The fourth-order valence-corrected chi connectivity index (χ4v) is 4.13. The molecule has 0 spiro atoms. The fourth-order valence-electron chi connectivity index (χ4n) is 2.10. The van der Waals surface area contributed by atoms with Crippen molar-refractivity contribution in [2.45, 2.75) is 6.54 Å². The molecule has 2 heterocycles. The predicted molar refractivity (Wildman–Crippen MR) is 90.9 cm³/mol. The van der Waals surface area contributed by atoms with Gasteiger partial charge in [-0.25, -0.2) is 0 Å². The lowest BCUT2D eigenvalue weighted by atomic mass is 10.3. The number of amides is 1. The normalized spacial score (nSPS) is 12.2. The Balaban J connectivity index is 2.15. The van der Waals surface area contributed by atoms with Crippen LogP contribution in [0.5, 0.6) is 0 Å². The van der Waals surface area contributed by atoms with Gasteiger partial charge in [0.2, 0.25) is 0 Å². The summed E-state index contributed by atoms with van der Waals surface area (Å²) < 4.78 is 8.10. The van der Waals surface area contributed by atoms with Crippen LogP contribution in [-0.4, -0.2) is 24.2 Å². The summed E-state index contributed by atoms with van der Waals surface area (Å²) in [7, 11) is 1.64. The number of carbonyl (C=O) groups is 1. The number of para-hydroxylation sites is 1. The first kappa shape index (κ1) is 15.4. The minimum absolute atomic E-state index is 0.233. The van der Waals surface area contributed by atoms with Crippen LogP contribution < -0.4 is 4.80 Å². The van der Waals surface area contributed by atoms with Crippen LogP contribution in [0.3, 0.4) is 0 Å². The molecule has 4 nitrogen and oxygen atoms in total. The van der Waals surface area contributed by atoms with Crippen molar-refractivity contribution in [3.63, 3.8) is 0 Å². The Morgan fingerprint density at radius 3 is 2.95 bits per heavy atom. The number of thiophene rings is 1. The highest BCUT2D eigenvalue weighted by atomic mass is 35.5. The van der Waals surface area contributed by atoms with Gasteiger partial charge in [0.05, 0.1) is 26.7 Å². The zero-order chi connectivity index (χ0) is 15.5. The third kappa shape index (κ3) is 3.01. The van der Waals surface area contributed by atoms with Crippen LogP contribution in [0.2, 0.25) is 5.02 Å². The molecule has 3 aromatic rings. The molecule has 114 valence electrons. The molecule has 1 aromatic carbocycles. The molecular formula is C15H13ClN2O2S2. The fraction of sp³-hybridized carbons (Fsp3) is 0.200. The van der Waals surface area contributed by atoms with Gasteiger partial charge in [-0.2, -0.15) is 4.99 Å². The number of aromatic nitrogens is 1. The van der Waals surface area contributed by atoms with Crippen LogP contribution in [0.4, 0.5) is 0 Å². The standard InChI is InChI=1S/C15H13ClN2O2S2/c1-20-8-7-18-13-10(16)4-2-5-11(13)22-15(18)17-14(19)12-6-3-9-21-12/h2-6,9H,7-8H2,1H3. The van der Waals surface area contributed by atoms with E-state index < -0.39 is 0 Å². The molecule has 0 aliphatic heterocycles. The van der Waals surface area contributed by atoms with E-state index in [0.29, 0.717) is 27.9 Å². The second-order valence-electron chi connectivity index (χ2n) is 4.51. The van der Waals surface area contributed by atoms with E-state index in [1.165, 1.54) is 22.7 Å². The number of benzene rings is 1. The van der Waals surface area contributed by atoms with Crippen LogP contribution in [0.15, 0.2) is 40.7 Å². The van der Waals surface area contributed by atoms with Gasteiger partial charge in [0.1, 0.15) is 0 Å². The van der Waals surface area contributed by atoms with E-state index in [1.54, 1.807) is 13.2 Å². The van der Waals surface area contributed by atoms with Crippen molar-refractivity contribution in [3.05, 3.63) is 50.4 Å². The number of ether oxygens (including phenoxy) is 1. The number of halogens is 1. The Hall–Kier alpha value is -1.47. The van der Waals surface area contributed by atoms with Gasteiger partial charge in [-0.3, -0.25) is 4.79 Å². The number of thiazole rings is 1. The summed E-state index contributed by atoms with van der Waals surface area (Å²) in [5, 5.41) is 2.51. The van der Waals surface area contributed by atoms with Gasteiger partial charge in [-0.1, -0.05) is 35.1 Å². The predicted octanol–water partition coefficient (Wildman–Crippen LogP) is 3.81. The lowest BCUT2D eigenvalue weighted by Crippen LogP contribution is -2.19. The largest absolute Gasteiger partial charge is 0.383 e. The van der Waals surface area contributed by atoms with E-state index >= 15 is 0 Å². The molecule has 1 amide bonds. The molecule has 0 unspecified atom stereocenters. The van der Waals surface area contributed by atoms with E-state index in [9.17, 15) is 4.79 Å². The summed E-state index contributed by atoms with van der Waals surface area (Å²) in [6, 6.07) is 9.33. The number of rotatable bonds is 4. The summed E-state index contributed by atoms with van der Waals surface area (Å²) in [5.41, 5.74) is 0.893.